The summed E-state index contributed by atoms with van der Waals surface area (Å²) in [5.41, 5.74) is 1.36. The number of rotatable bonds is 6. The fraction of sp³-hybridized carbons (Fsp3) is 0.320. The Morgan fingerprint density at radius 2 is 1.95 bits per heavy atom. The summed E-state index contributed by atoms with van der Waals surface area (Å²) in [5, 5.41) is 14.3. The molecule has 37 heavy (non-hydrogen) atoms. The number of ether oxygens (including phenoxy) is 1. The van der Waals surface area contributed by atoms with Crippen LogP contribution in [0.2, 0.25) is 5.02 Å². The molecular weight excluding hydrogens is 521 g/mol. The van der Waals surface area contributed by atoms with Gasteiger partial charge in [-0.25, -0.2) is 31.7 Å². The van der Waals surface area contributed by atoms with Gasteiger partial charge in [-0.2, -0.15) is 0 Å². The second kappa shape index (κ2) is 9.97. The standard InChI is InChI=1S/C25H25ClFN5O4S/c1-14-6-8-16(9-7-14)37(34,35)32-13-18(17-10-15(26)11-29-25(17)32)23-28-12-19(27)24(31-23)30-20-4-3-5-21(36-2)22(20)33/h6-13,20-22,33H,3-5H2,1-2H3,(H,28,30,31)/t20-,21+,22?/m0/s1. The van der Waals surface area contributed by atoms with Crippen molar-refractivity contribution in [1.82, 2.24) is 18.9 Å². The van der Waals surface area contributed by atoms with Crippen LogP contribution >= 0.6 is 11.6 Å². The number of nitrogens with zero attached hydrogens (tertiary/aromatic N) is 4. The van der Waals surface area contributed by atoms with Crippen LogP contribution in [-0.4, -0.2) is 57.8 Å². The van der Waals surface area contributed by atoms with Crippen LogP contribution in [0.4, 0.5) is 10.2 Å². The Labute approximate surface area is 218 Å². The molecule has 0 amide bonds. The number of aromatic nitrogens is 4. The predicted octanol–water partition coefficient (Wildman–Crippen LogP) is 4.17. The minimum Gasteiger partial charge on any atom is -0.388 e. The zero-order valence-electron chi connectivity index (χ0n) is 20.1. The van der Waals surface area contributed by atoms with E-state index < -0.39 is 28.0 Å². The molecule has 1 aliphatic carbocycles. The van der Waals surface area contributed by atoms with Crippen LogP contribution in [0, 0.1) is 12.7 Å². The van der Waals surface area contributed by atoms with E-state index in [2.05, 4.69) is 20.3 Å². The number of aliphatic hydroxyl groups is 1. The van der Waals surface area contributed by atoms with Gasteiger partial charge < -0.3 is 15.2 Å². The molecule has 3 atom stereocenters. The highest BCUT2D eigenvalue weighted by Crippen LogP contribution is 2.33. The number of fused-ring (bicyclic) bond motifs is 1. The molecule has 1 unspecified atom stereocenters. The first-order valence-corrected chi connectivity index (χ1v) is 13.5. The molecule has 2 N–H and O–H groups in total. The summed E-state index contributed by atoms with van der Waals surface area (Å²) >= 11 is 6.19. The molecule has 5 rings (SSSR count). The zero-order chi connectivity index (χ0) is 26.3. The molecule has 1 aliphatic rings. The van der Waals surface area contributed by atoms with E-state index >= 15 is 0 Å². The summed E-state index contributed by atoms with van der Waals surface area (Å²) < 4.78 is 48.1. The highest BCUT2D eigenvalue weighted by atomic mass is 35.5. The van der Waals surface area contributed by atoms with Gasteiger partial charge in [-0.3, -0.25) is 0 Å². The Bertz CT molecular complexity index is 1560. The zero-order valence-corrected chi connectivity index (χ0v) is 21.7. The maximum absolute atomic E-state index is 14.7. The monoisotopic (exact) mass is 545 g/mol. The second-order valence-corrected chi connectivity index (χ2v) is 11.3. The van der Waals surface area contributed by atoms with Crippen LogP contribution in [0.3, 0.4) is 0 Å². The van der Waals surface area contributed by atoms with E-state index in [0.29, 0.717) is 23.8 Å². The number of aliphatic hydroxyl groups excluding tert-OH is 1. The molecule has 4 aromatic rings. The molecule has 1 aromatic carbocycles. The Morgan fingerprint density at radius 3 is 2.68 bits per heavy atom. The largest absolute Gasteiger partial charge is 0.388 e. The van der Waals surface area contributed by atoms with Crippen LogP contribution in [0.1, 0.15) is 24.8 Å². The van der Waals surface area contributed by atoms with E-state index in [0.717, 1.165) is 22.2 Å². The van der Waals surface area contributed by atoms with E-state index in [1.54, 1.807) is 18.2 Å². The van der Waals surface area contributed by atoms with E-state index in [1.165, 1.54) is 31.6 Å². The highest BCUT2D eigenvalue weighted by Gasteiger charge is 2.33. The van der Waals surface area contributed by atoms with Crippen molar-refractivity contribution in [2.45, 2.75) is 49.3 Å². The molecule has 0 saturated heterocycles. The SMILES string of the molecule is CO[C@@H]1CCC[C@H](Nc2nc(-c3cn(S(=O)(=O)c4ccc(C)cc4)c4ncc(Cl)cc34)ncc2F)C1O. The Morgan fingerprint density at radius 1 is 1.19 bits per heavy atom. The topological polar surface area (TPSA) is 119 Å². The third-order valence-corrected chi connectivity index (χ3v) is 8.43. The van der Waals surface area contributed by atoms with E-state index in [9.17, 15) is 17.9 Å². The lowest BCUT2D eigenvalue weighted by molar-refractivity contribution is -0.0421. The van der Waals surface area contributed by atoms with E-state index in [-0.39, 0.29) is 33.3 Å². The molecule has 12 heteroatoms. The second-order valence-electron chi connectivity index (χ2n) is 9.02. The Balaban J connectivity index is 1.59. The van der Waals surface area contributed by atoms with Crippen molar-refractivity contribution in [3.8, 4) is 11.4 Å². The first kappa shape index (κ1) is 25.5. The Kier molecular flexibility index (Phi) is 6.88. The summed E-state index contributed by atoms with van der Waals surface area (Å²) in [6, 6.07) is 7.54. The van der Waals surface area contributed by atoms with Crippen molar-refractivity contribution in [2.24, 2.45) is 0 Å². The molecule has 1 saturated carbocycles. The number of halogens is 2. The number of pyridine rings is 1. The molecule has 3 heterocycles. The quantitative estimate of drug-likeness (QED) is 0.370. The van der Waals surface area contributed by atoms with Gasteiger partial charge in [-0.1, -0.05) is 29.3 Å². The van der Waals surface area contributed by atoms with Gasteiger partial charge in [-0.05, 0) is 44.4 Å². The van der Waals surface area contributed by atoms with Crippen LogP contribution in [-0.2, 0) is 14.8 Å². The highest BCUT2D eigenvalue weighted by molar-refractivity contribution is 7.90. The van der Waals surface area contributed by atoms with Crippen molar-refractivity contribution in [1.29, 1.82) is 0 Å². The van der Waals surface area contributed by atoms with Crippen molar-refractivity contribution >= 4 is 38.5 Å². The van der Waals surface area contributed by atoms with Gasteiger partial charge in [0, 0.05) is 30.5 Å². The first-order valence-electron chi connectivity index (χ1n) is 11.7. The summed E-state index contributed by atoms with van der Waals surface area (Å²) in [4.78, 5) is 12.8. The predicted molar refractivity (Wildman–Crippen MR) is 138 cm³/mol. The van der Waals surface area contributed by atoms with Gasteiger partial charge in [0.1, 0.15) is 6.10 Å². The number of benzene rings is 1. The fourth-order valence-corrected chi connectivity index (χ4v) is 6.05. The average Bonchev–Trinajstić information content (AvgIpc) is 3.26. The summed E-state index contributed by atoms with van der Waals surface area (Å²) in [6.45, 7) is 1.86. The number of methoxy groups -OCH3 is 1. The molecule has 3 aromatic heterocycles. The van der Waals surface area contributed by atoms with Gasteiger partial charge >= 0.3 is 0 Å². The molecule has 0 spiro atoms. The lowest BCUT2D eigenvalue weighted by atomic mass is 9.90. The van der Waals surface area contributed by atoms with Crippen LogP contribution < -0.4 is 5.32 Å². The smallest absolute Gasteiger partial charge is 0.269 e. The number of hydrogen-bond acceptors (Lipinski definition) is 8. The third kappa shape index (κ3) is 4.79. The number of hydrogen-bond donors (Lipinski definition) is 2. The van der Waals surface area contributed by atoms with Crippen molar-refractivity contribution in [2.75, 3.05) is 12.4 Å². The summed E-state index contributed by atoms with van der Waals surface area (Å²) in [5.74, 6) is -0.741. The average molecular weight is 546 g/mol. The lowest BCUT2D eigenvalue weighted by Crippen LogP contribution is -2.46. The van der Waals surface area contributed by atoms with Crippen molar-refractivity contribution < 1.29 is 22.7 Å². The molecule has 0 aliphatic heterocycles. The molecule has 194 valence electrons. The molecular formula is C25H25ClFN5O4S. The fourth-order valence-electron chi connectivity index (χ4n) is 4.57. The Hall–Kier alpha value is -3.12. The lowest BCUT2D eigenvalue weighted by Gasteiger charge is -2.34. The van der Waals surface area contributed by atoms with Crippen LogP contribution in [0.15, 0.2) is 53.8 Å². The normalized spacial score (nSPS) is 20.3. The van der Waals surface area contributed by atoms with Gasteiger partial charge in [-0.15, -0.1) is 0 Å². The summed E-state index contributed by atoms with van der Waals surface area (Å²) in [6.07, 6.45) is 4.60. The minimum absolute atomic E-state index is 0.0735. The maximum atomic E-state index is 14.7. The van der Waals surface area contributed by atoms with E-state index in [1.807, 2.05) is 6.92 Å². The van der Waals surface area contributed by atoms with Crippen molar-refractivity contribution in [3.63, 3.8) is 0 Å². The molecule has 0 bridgehead atoms. The van der Waals surface area contributed by atoms with E-state index in [4.69, 9.17) is 16.3 Å². The number of anilines is 1. The van der Waals surface area contributed by atoms with Gasteiger partial charge in [0.25, 0.3) is 10.0 Å². The first-order chi connectivity index (χ1) is 17.7. The van der Waals surface area contributed by atoms with Gasteiger partial charge in [0.05, 0.1) is 28.3 Å². The minimum atomic E-state index is -4.02. The summed E-state index contributed by atoms with van der Waals surface area (Å²) in [7, 11) is -2.49. The third-order valence-electron chi connectivity index (χ3n) is 6.56. The number of nitrogens with one attached hydrogen (secondary N) is 1. The maximum Gasteiger partial charge on any atom is 0.269 e. The van der Waals surface area contributed by atoms with Crippen LogP contribution in [0.5, 0.6) is 0 Å². The number of aryl methyl sites for hydroxylation is 1. The van der Waals surface area contributed by atoms with Gasteiger partial charge in [0.2, 0.25) is 0 Å². The molecule has 0 radical (unpaired) electrons. The molecule has 9 nitrogen and oxygen atoms in total. The van der Waals surface area contributed by atoms with Crippen LogP contribution in [0.25, 0.3) is 22.4 Å². The van der Waals surface area contributed by atoms with Crippen molar-refractivity contribution in [3.05, 3.63) is 65.3 Å². The molecule has 1 fully saturated rings. The van der Waals surface area contributed by atoms with Gasteiger partial charge in [0.15, 0.2) is 23.1 Å².